The van der Waals surface area contributed by atoms with Gasteiger partial charge in [-0.15, -0.1) is 0 Å². The van der Waals surface area contributed by atoms with E-state index in [1.807, 2.05) is 12.1 Å². The second kappa shape index (κ2) is 8.33. The molecule has 2 rings (SSSR count). The summed E-state index contributed by atoms with van der Waals surface area (Å²) in [5.41, 5.74) is 1.39. The molecule has 134 valence electrons. The lowest BCUT2D eigenvalue weighted by atomic mass is 10.2. The standard InChI is InChI=1S/C17H19ClN2O4S/c1-12(21)20-16-8-7-15(11-17(16)24-2)25(22,23)19-10-9-13-3-5-14(18)6-4-13/h3-8,11,19H,9-10H2,1-2H3,(H,20,21). The van der Waals surface area contributed by atoms with Gasteiger partial charge >= 0.3 is 0 Å². The average molecular weight is 383 g/mol. The monoisotopic (exact) mass is 382 g/mol. The van der Waals surface area contributed by atoms with Gasteiger partial charge in [-0.1, -0.05) is 23.7 Å². The van der Waals surface area contributed by atoms with E-state index >= 15 is 0 Å². The first-order valence-electron chi connectivity index (χ1n) is 7.51. The van der Waals surface area contributed by atoms with Gasteiger partial charge in [0.05, 0.1) is 17.7 Å². The van der Waals surface area contributed by atoms with Gasteiger partial charge in [0.1, 0.15) is 5.75 Å². The number of halogens is 1. The SMILES string of the molecule is COc1cc(S(=O)(=O)NCCc2ccc(Cl)cc2)ccc1NC(C)=O. The topological polar surface area (TPSA) is 84.5 Å². The molecule has 2 N–H and O–H groups in total. The van der Waals surface area contributed by atoms with Crippen molar-refractivity contribution in [3.05, 3.63) is 53.1 Å². The molecule has 0 saturated carbocycles. The molecular formula is C17H19ClN2O4S. The predicted octanol–water partition coefficient (Wildman–Crippen LogP) is 2.83. The summed E-state index contributed by atoms with van der Waals surface area (Å²) in [5.74, 6) is 0.00535. The molecule has 1 amide bonds. The summed E-state index contributed by atoms with van der Waals surface area (Å²) >= 11 is 5.82. The second-order valence-corrected chi connectivity index (χ2v) is 7.52. The maximum atomic E-state index is 12.4. The van der Waals surface area contributed by atoms with Crippen molar-refractivity contribution in [1.82, 2.24) is 4.72 Å². The van der Waals surface area contributed by atoms with Gasteiger partial charge in [0, 0.05) is 24.6 Å². The van der Waals surface area contributed by atoms with E-state index < -0.39 is 10.0 Å². The Morgan fingerprint density at radius 1 is 1.16 bits per heavy atom. The van der Waals surface area contributed by atoms with Crippen LogP contribution in [0.2, 0.25) is 5.02 Å². The molecule has 0 aromatic heterocycles. The highest BCUT2D eigenvalue weighted by Crippen LogP contribution is 2.27. The Morgan fingerprint density at radius 2 is 1.84 bits per heavy atom. The molecule has 0 aliphatic rings. The highest BCUT2D eigenvalue weighted by atomic mass is 35.5. The summed E-state index contributed by atoms with van der Waals surface area (Å²) in [6, 6.07) is 11.5. The molecule has 0 unspecified atom stereocenters. The van der Waals surface area contributed by atoms with E-state index in [9.17, 15) is 13.2 Å². The predicted molar refractivity (Wildman–Crippen MR) is 97.6 cm³/mol. The highest BCUT2D eigenvalue weighted by molar-refractivity contribution is 7.89. The van der Waals surface area contributed by atoms with E-state index in [0.29, 0.717) is 17.1 Å². The first-order valence-corrected chi connectivity index (χ1v) is 9.37. The third-order valence-corrected chi connectivity index (χ3v) is 5.12. The summed E-state index contributed by atoms with van der Waals surface area (Å²) in [4.78, 5) is 11.2. The number of hydrogen-bond donors (Lipinski definition) is 2. The van der Waals surface area contributed by atoms with Gasteiger partial charge in [-0.2, -0.15) is 0 Å². The normalized spacial score (nSPS) is 11.2. The smallest absolute Gasteiger partial charge is 0.240 e. The summed E-state index contributed by atoms with van der Waals surface area (Å²) in [6.45, 7) is 1.61. The van der Waals surface area contributed by atoms with Crippen LogP contribution >= 0.6 is 11.6 Å². The number of nitrogens with one attached hydrogen (secondary N) is 2. The number of rotatable bonds is 7. The number of amides is 1. The number of benzene rings is 2. The number of ether oxygens (including phenoxy) is 1. The quantitative estimate of drug-likeness (QED) is 0.771. The summed E-state index contributed by atoms with van der Waals surface area (Å²) < 4.78 is 32.5. The molecule has 0 heterocycles. The number of carbonyl (C=O) groups excluding carboxylic acids is 1. The van der Waals surface area contributed by atoms with Gasteiger partial charge in [-0.05, 0) is 36.2 Å². The van der Waals surface area contributed by atoms with Crippen molar-refractivity contribution in [2.45, 2.75) is 18.2 Å². The largest absolute Gasteiger partial charge is 0.495 e. The highest BCUT2D eigenvalue weighted by Gasteiger charge is 2.16. The number of carbonyl (C=O) groups is 1. The van der Waals surface area contributed by atoms with Crippen molar-refractivity contribution in [3.63, 3.8) is 0 Å². The Kier molecular flexibility index (Phi) is 6.41. The van der Waals surface area contributed by atoms with E-state index in [2.05, 4.69) is 10.0 Å². The van der Waals surface area contributed by atoms with Gasteiger partial charge < -0.3 is 10.1 Å². The van der Waals surface area contributed by atoms with Crippen molar-refractivity contribution >= 4 is 33.2 Å². The van der Waals surface area contributed by atoms with Crippen LogP contribution in [0.3, 0.4) is 0 Å². The van der Waals surface area contributed by atoms with E-state index in [-0.39, 0.29) is 23.1 Å². The Hall–Kier alpha value is -2.09. The third kappa shape index (κ3) is 5.45. The molecule has 2 aromatic carbocycles. The van der Waals surface area contributed by atoms with Crippen LogP contribution in [-0.2, 0) is 21.2 Å². The van der Waals surface area contributed by atoms with E-state index in [1.54, 1.807) is 12.1 Å². The van der Waals surface area contributed by atoms with Crippen LogP contribution in [-0.4, -0.2) is 28.0 Å². The van der Waals surface area contributed by atoms with E-state index in [4.69, 9.17) is 16.3 Å². The molecular weight excluding hydrogens is 364 g/mol. The van der Waals surface area contributed by atoms with Crippen LogP contribution < -0.4 is 14.8 Å². The molecule has 8 heteroatoms. The molecule has 2 aromatic rings. The zero-order valence-electron chi connectivity index (χ0n) is 13.9. The molecule has 0 atom stereocenters. The minimum absolute atomic E-state index is 0.0644. The van der Waals surface area contributed by atoms with Crippen LogP contribution in [0, 0.1) is 0 Å². The van der Waals surface area contributed by atoms with Gasteiger partial charge in [0.25, 0.3) is 0 Å². The van der Waals surface area contributed by atoms with Crippen molar-refractivity contribution in [1.29, 1.82) is 0 Å². The molecule has 0 bridgehead atoms. The molecule has 0 aliphatic carbocycles. The van der Waals surface area contributed by atoms with Crippen LogP contribution in [0.4, 0.5) is 5.69 Å². The molecule has 6 nitrogen and oxygen atoms in total. The lowest BCUT2D eigenvalue weighted by molar-refractivity contribution is -0.114. The maximum absolute atomic E-state index is 12.4. The number of hydrogen-bond acceptors (Lipinski definition) is 4. The molecule has 0 saturated heterocycles. The first-order chi connectivity index (χ1) is 11.8. The van der Waals surface area contributed by atoms with Gasteiger partial charge in [-0.25, -0.2) is 13.1 Å². The summed E-state index contributed by atoms with van der Waals surface area (Å²) in [6.07, 6.45) is 0.539. The molecule has 0 aliphatic heterocycles. The third-order valence-electron chi connectivity index (χ3n) is 3.41. The minimum atomic E-state index is -3.69. The lowest BCUT2D eigenvalue weighted by Crippen LogP contribution is -2.26. The van der Waals surface area contributed by atoms with Gasteiger partial charge in [0.2, 0.25) is 15.9 Å². The molecule has 25 heavy (non-hydrogen) atoms. The molecule has 0 spiro atoms. The van der Waals surface area contributed by atoms with Crippen LogP contribution in [0.15, 0.2) is 47.4 Å². The maximum Gasteiger partial charge on any atom is 0.240 e. The number of sulfonamides is 1. The average Bonchev–Trinajstić information content (AvgIpc) is 2.56. The second-order valence-electron chi connectivity index (χ2n) is 5.32. The van der Waals surface area contributed by atoms with Crippen molar-refractivity contribution in [3.8, 4) is 5.75 Å². The van der Waals surface area contributed by atoms with Gasteiger partial charge in [-0.3, -0.25) is 4.79 Å². The first kappa shape index (κ1) is 19.2. The Bertz CT molecular complexity index is 851. The summed E-state index contributed by atoms with van der Waals surface area (Å²) in [7, 11) is -2.28. The number of methoxy groups -OCH3 is 1. The Morgan fingerprint density at radius 3 is 2.44 bits per heavy atom. The lowest BCUT2D eigenvalue weighted by Gasteiger charge is -2.12. The van der Waals surface area contributed by atoms with Crippen molar-refractivity contribution < 1.29 is 17.9 Å². The fourth-order valence-electron chi connectivity index (χ4n) is 2.20. The number of anilines is 1. The van der Waals surface area contributed by atoms with Crippen molar-refractivity contribution in [2.75, 3.05) is 19.0 Å². The van der Waals surface area contributed by atoms with Crippen LogP contribution in [0.1, 0.15) is 12.5 Å². The van der Waals surface area contributed by atoms with Crippen LogP contribution in [0.5, 0.6) is 5.75 Å². The fourth-order valence-corrected chi connectivity index (χ4v) is 3.37. The van der Waals surface area contributed by atoms with Gasteiger partial charge in [0.15, 0.2) is 0 Å². The zero-order valence-corrected chi connectivity index (χ0v) is 15.4. The van der Waals surface area contributed by atoms with Crippen LogP contribution in [0.25, 0.3) is 0 Å². The van der Waals surface area contributed by atoms with Crippen molar-refractivity contribution in [2.24, 2.45) is 0 Å². The summed E-state index contributed by atoms with van der Waals surface area (Å²) in [5, 5.41) is 3.22. The Balaban J connectivity index is 2.07. The molecule has 0 fully saturated rings. The minimum Gasteiger partial charge on any atom is -0.495 e. The van der Waals surface area contributed by atoms with E-state index in [1.165, 1.54) is 32.2 Å². The fraction of sp³-hybridized carbons (Fsp3) is 0.235. The van der Waals surface area contributed by atoms with E-state index in [0.717, 1.165) is 5.56 Å². The molecule has 0 radical (unpaired) electrons. The Labute approximate surface area is 152 Å². The zero-order chi connectivity index (χ0) is 18.4.